The van der Waals surface area contributed by atoms with E-state index in [4.69, 9.17) is 9.47 Å². The highest BCUT2D eigenvalue weighted by atomic mass is 16.6. The maximum atomic E-state index is 12.5. The van der Waals surface area contributed by atoms with Crippen LogP contribution < -0.4 is 10.2 Å². The Bertz CT molecular complexity index is 675. The number of aromatic nitrogens is 1. The van der Waals surface area contributed by atoms with Gasteiger partial charge in [0.15, 0.2) is 0 Å². The molecule has 0 aliphatic carbocycles. The lowest BCUT2D eigenvalue weighted by Gasteiger charge is -2.35. The summed E-state index contributed by atoms with van der Waals surface area (Å²) in [6, 6.07) is 3.57. The Kier molecular flexibility index (Phi) is 6.23. The first-order valence-electron chi connectivity index (χ1n) is 9.64. The van der Waals surface area contributed by atoms with Crippen molar-refractivity contribution >= 4 is 23.6 Å². The summed E-state index contributed by atoms with van der Waals surface area (Å²) in [7, 11) is 0. The van der Waals surface area contributed by atoms with Gasteiger partial charge in [0.05, 0.1) is 25.1 Å². The van der Waals surface area contributed by atoms with Crippen LogP contribution in [0.1, 0.15) is 20.8 Å². The molecule has 0 radical (unpaired) electrons. The number of nitrogens with one attached hydrogen (secondary N) is 1. The number of carbonyl (C=O) groups is 2. The van der Waals surface area contributed by atoms with E-state index in [-0.39, 0.29) is 12.1 Å². The van der Waals surface area contributed by atoms with Gasteiger partial charge in [-0.05, 0) is 32.9 Å². The Morgan fingerprint density at radius 1 is 1.04 bits per heavy atom. The van der Waals surface area contributed by atoms with Crippen molar-refractivity contribution in [2.75, 3.05) is 62.7 Å². The molecule has 9 heteroatoms. The van der Waals surface area contributed by atoms with Gasteiger partial charge in [-0.25, -0.2) is 14.6 Å². The molecule has 0 spiro atoms. The van der Waals surface area contributed by atoms with Gasteiger partial charge in [-0.2, -0.15) is 0 Å². The van der Waals surface area contributed by atoms with Crippen molar-refractivity contribution in [3.05, 3.63) is 18.3 Å². The first-order valence-corrected chi connectivity index (χ1v) is 9.64. The number of hydrogen-bond donors (Lipinski definition) is 1. The molecule has 0 aromatic carbocycles. The highest BCUT2D eigenvalue weighted by molar-refractivity contribution is 5.89. The standard InChI is InChI=1S/C19H29N5O4/c1-19(2,3)28-18(26)24-8-6-23(7-9-24)17(25)21-15-4-5-16(20-14-15)22-10-12-27-13-11-22/h4-5,14H,6-13H2,1-3H3,(H,21,25). The normalized spacial score (nSPS) is 18.0. The van der Waals surface area contributed by atoms with Crippen LogP contribution in [-0.2, 0) is 9.47 Å². The minimum absolute atomic E-state index is 0.190. The van der Waals surface area contributed by atoms with Crippen molar-refractivity contribution in [2.24, 2.45) is 0 Å². The third kappa shape index (κ3) is 5.48. The van der Waals surface area contributed by atoms with Crippen molar-refractivity contribution in [3.63, 3.8) is 0 Å². The maximum Gasteiger partial charge on any atom is 0.410 e. The molecule has 9 nitrogen and oxygen atoms in total. The molecule has 2 fully saturated rings. The first kappa shape index (κ1) is 20.2. The fraction of sp³-hybridized carbons (Fsp3) is 0.632. The molecule has 0 unspecified atom stereocenters. The third-order valence-electron chi connectivity index (χ3n) is 4.55. The predicted octanol–water partition coefficient (Wildman–Crippen LogP) is 2.00. The van der Waals surface area contributed by atoms with E-state index in [0.717, 1.165) is 18.9 Å². The number of hydrogen-bond acceptors (Lipinski definition) is 6. The monoisotopic (exact) mass is 391 g/mol. The average molecular weight is 391 g/mol. The molecule has 1 aromatic rings. The summed E-state index contributed by atoms with van der Waals surface area (Å²) >= 11 is 0. The number of morpholine rings is 1. The van der Waals surface area contributed by atoms with Gasteiger partial charge < -0.3 is 29.5 Å². The maximum absolute atomic E-state index is 12.5. The lowest BCUT2D eigenvalue weighted by atomic mass is 10.2. The molecule has 1 aromatic heterocycles. The fourth-order valence-corrected chi connectivity index (χ4v) is 3.06. The Labute approximate surface area is 165 Å². The largest absolute Gasteiger partial charge is 0.444 e. The SMILES string of the molecule is CC(C)(C)OC(=O)N1CCN(C(=O)Nc2ccc(N3CCOCC3)nc2)CC1. The van der Waals surface area contributed by atoms with Gasteiger partial charge in [-0.1, -0.05) is 0 Å². The zero-order valence-corrected chi connectivity index (χ0v) is 16.8. The Balaban J connectivity index is 1.47. The van der Waals surface area contributed by atoms with Gasteiger partial charge in [0.1, 0.15) is 11.4 Å². The summed E-state index contributed by atoms with van der Waals surface area (Å²) in [4.78, 5) is 34.5. The molecule has 3 rings (SSSR count). The minimum atomic E-state index is -0.522. The number of ether oxygens (including phenoxy) is 2. The first-order chi connectivity index (χ1) is 13.3. The number of rotatable bonds is 2. The summed E-state index contributed by atoms with van der Waals surface area (Å²) in [6.07, 6.45) is 1.33. The van der Waals surface area contributed by atoms with Gasteiger partial charge in [0.2, 0.25) is 0 Å². The molecule has 3 amide bonds. The molecule has 3 heterocycles. The number of nitrogens with zero attached hydrogens (tertiary/aromatic N) is 4. The van der Waals surface area contributed by atoms with Gasteiger partial charge in [0, 0.05) is 39.3 Å². The van der Waals surface area contributed by atoms with Gasteiger partial charge in [-0.15, -0.1) is 0 Å². The molecule has 2 aliphatic rings. The van der Waals surface area contributed by atoms with E-state index in [9.17, 15) is 9.59 Å². The van der Waals surface area contributed by atoms with Gasteiger partial charge >= 0.3 is 12.1 Å². The molecule has 154 valence electrons. The van der Waals surface area contributed by atoms with E-state index < -0.39 is 5.60 Å². The van der Waals surface area contributed by atoms with Gasteiger partial charge in [-0.3, -0.25) is 0 Å². The second kappa shape index (κ2) is 8.64. The van der Waals surface area contributed by atoms with Crippen LogP contribution in [0, 0.1) is 0 Å². The van der Waals surface area contributed by atoms with Crippen LogP contribution in [0.3, 0.4) is 0 Å². The van der Waals surface area contributed by atoms with Gasteiger partial charge in [0.25, 0.3) is 0 Å². The van der Waals surface area contributed by atoms with E-state index in [1.54, 1.807) is 16.0 Å². The molecule has 2 saturated heterocycles. The average Bonchev–Trinajstić information content (AvgIpc) is 2.68. The smallest absolute Gasteiger partial charge is 0.410 e. The van der Waals surface area contributed by atoms with E-state index in [2.05, 4.69) is 15.2 Å². The molecular formula is C19H29N5O4. The number of pyridine rings is 1. The summed E-state index contributed by atoms with van der Waals surface area (Å²) in [5.41, 5.74) is 0.128. The second-order valence-electron chi connectivity index (χ2n) is 7.89. The third-order valence-corrected chi connectivity index (χ3v) is 4.55. The number of anilines is 2. The fourth-order valence-electron chi connectivity index (χ4n) is 3.06. The summed E-state index contributed by atoms with van der Waals surface area (Å²) in [6.45, 7) is 10.4. The predicted molar refractivity (Wildman–Crippen MR) is 106 cm³/mol. The Morgan fingerprint density at radius 2 is 1.68 bits per heavy atom. The van der Waals surface area contributed by atoms with Crippen LogP contribution in [0.15, 0.2) is 18.3 Å². The molecule has 1 N–H and O–H groups in total. The van der Waals surface area contributed by atoms with E-state index >= 15 is 0 Å². The highest BCUT2D eigenvalue weighted by Gasteiger charge is 2.27. The number of urea groups is 1. The molecular weight excluding hydrogens is 362 g/mol. The molecule has 0 atom stereocenters. The zero-order chi connectivity index (χ0) is 20.1. The molecule has 0 saturated carbocycles. The van der Waals surface area contributed by atoms with Crippen LogP contribution in [0.25, 0.3) is 0 Å². The van der Waals surface area contributed by atoms with Crippen LogP contribution in [0.5, 0.6) is 0 Å². The van der Waals surface area contributed by atoms with E-state index in [1.165, 1.54) is 0 Å². The van der Waals surface area contributed by atoms with Crippen LogP contribution in [-0.4, -0.2) is 85.0 Å². The van der Waals surface area contributed by atoms with Crippen molar-refractivity contribution in [3.8, 4) is 0 Å². The summed E-state index contributed by atoms with van der Waals surface area (Å²) < 4.78 is 10.7. The lowest BCUT2D eigenvalue weighted by molar-refractivity contribution is 0.0174. The van der Waals surface area contributed by atoms with Crippen LogP contribution in [0.4, 0.5) is 21.1 Å². The minimum Gasteiger partial charge on any atom is -0.444 e. The molecule has 2 aliphatic heterocycles. The van der Waals surface area contributed by atoms with Crippen molar-refractivity contribution in [2.45, 2.75) is 26.4 Å². The molecule has 0 bridgehead atoms. The zero-order valence-electron chi connectivity index (χ0n) is 16.8. The van der Waals surface area contributed by atoms with E-state index in [0.29, 0.717) is 45.1 Å². The Morgan fingerprint density at radius 3 is 2.25 bits per heavy atom. The van der Waals surface area contributed by atoms with Crippen LogP contribution >= 0.6 is 0 Å². The number of piperazine rings is 1. The van der Waals surface area contributed by atoms with Crippen molar-refractivity contribution in [1.82, 2.24) is 14.8 Å². The van der Waals surface area contributed by atoms with E-state index in [1.807, 2.05) is 32.9 Å². The summed E-state index contributed by atoms with van der Waals surface area (Å²) in [5.74, 6) is 0.882. The highest BCUT2D eigenvalue weighted by Crippen LogP contribution is 2.17. The lowest BCUT2D eigenvalue weighted by Crippen LogP contribution is -2.52. The molecule has 28 heavy (non-hydrogen) atoms. The Hall–Kier alpha value is -2.55. The summed E-state index contributed by atoms with van der Waals surface area (Å²) in [5, 5.41) is 2.87. The van der Waals surface area contributed by atoms with Crippen molar-refractivity contribution < 1.29 is 19.1 Å². The number of carbonyl (C=O) groups excluding carboxylic acids is 2. The second-order valence-corrected chi connectivity index (χ2v) is 7.89. The number of amides is 3. The van der Waals surface area contributed by atoms with Crippen molar-refractivity contribution in [1.29, 1.82) is 0 Å². The quantitative estimate of drug-likeness (QED) is 0.830. The topological polar surface area (TPSA) is 87.2 Å². The van der Waals surface area contributed by atoms with Crippen LogP contribution in [0.2, 0.25) is 0 Å².